The van der Waals surface area contributed by atoms with Gasteiger partial charge in [0.25, 0.3) is 0 Å². The van der Waals surface area contributed by atoms with Crippen LogP contribution in [0.1, 0.15) is 22.3 Å². The lowest BCUT2D eigenvalue weighted by molar-refractivity contribution is 0.436. The Kier molecular flexibility index (Phi) is 6.70. The molecule has 2 heterocycles. The molecule has 52 heavy (non-hydrogen) atoms. The molecule has 1 spiro atoms. The van der Waals surface area contributed by atoms with Crippen molar-refractivity contribution in [2.24, 2.45) is 0 Å². The van der Waals surface area contributed by atoms with Crippen LogP contribution in [0.4, 0.5) is 5.69 Å². The largest absolute Gasteiger partial charge is 0.457 e. The fourth-order valence-corrected chi connectivity index (χ4v) is 7.91. The van der Waals surface area contributed by atoms with E-state index in [9.17, 15) is 0 Å². The molecule has 1 aliphatic carbocycles. The van der Waals surface area contributed by atoms with Crippen LogP contribution in [0, 0.1) is 6.57 Å². The monoisotopic (exact) mass is 664 g/mol. The van der Waals surface area contributed by atoms with Crippen molar-refractivity contribution in [2.45, 2.75) is 5.41 Å². The third-order valence-corrected chi connectivity index (χ3v) is 10.2. The Hall–Kier alpha value is -7.16. The summed E-state index contributed by atoms with van der Waals surface area (Å²) in [5, 5.41) is 0. The van der Waals surface area contributed by atoms with Gasteiger partial charge in [-0.2, -0.15) is 0 Å². The van der Waals surface area contributed by atoms with Crippen molar-refractivity contribution in [1.29, 1.82) is 0 Å². The molecule has 10 rings (SSSR count). The van der Waals surface area contributed by atoms with Gasteiger partial charge in [-0.15, -0.1) is 0 Å². The molecule has 2 aliphatic rings. The number of hydrogen-bond donors (Lipinski definition) is 0. The van der Waals surface area contributed by atoms with Gasteiger partial charge in [-0.1, -0.05) is 140 Å². The van der Waals surface area contributed by atoms with Crippen molar-refractivity contribution in [3.8, 4) is 67.9 Å². The number of nitrogens with zero attached hydrogens (tertiary/aromatic N) is 4. The second-order valence-electron chi connectivity index (χ2n) is 13.1. The number of fused-ring (bicyclic) bond motifs is 9. The van der Waals surface area contributed by atoms with Crippen molar-refractivity contribution >= 4 is 5.69 Å². The molecule has 8 aromatic rings. The van der Waals surface area contributed by atoms with Gasteiger partial charge < -0.3 is 4.74 Å². The fraction of sp³-hybridized carbons (Fsp3) is 0.0213. The van der Waals surface area contributed by atoms with Crippen LogP contribution >= 0.6 is 0 Å². The van der Waals surface area contributed by atoms with E-state index in [4.69, 9.17) is 26.3 Å². The van der Waals surface area contributed by atoms with Gasteiger partial charge in [-0.3, -0.25) is 0 Å². The average Bonchev–Trinajstić information content (AvgIpc) is 3.52. The molecule has 242 valence electrons. The first kappa shape index (κ1) is 29.7. The zero-order chi connectivity index (χ0) is 34.6. The molecule has 5 nitrogen and oxygen atoms in total. The second kappa shape index (κ2) is 11.7. The minimum Gasteiger partial charge on any atom is -0.457 e. The summed E-state index contributed by atoms with van der Waals surface area (Å²) in [6.45, 7) is 7.34. The second-order valence-corrected chi connectivity index (χ2v) is 13.1. The van der Waals surface area contributed by atoms with E-state index in [2.05, 4.69) is 102 Å². The SMILES string of the molecule is [C-]#[N+]c1ccc(-c2cccc(-c3nc(-c4ccccc4)nc(-c4ccc5c(c4)C4(c6ccccc6O5)c5ccccc5-c5ccccc54)n3)c2)cc1. The minimum absolute atomic E-state index is 0.576. The molecule has 0 saturated carbocycles. The van der Waals surface area contributed by atoms with E-state index in [0.29, 0.717) is 23.2 Å². The summed E-state index contributed by atoms with van der Waals surface area (Å²) < 4.78 is 6.67. The predicted octanol–water partition coefficient (Wildman–Crippen LogP) is 11.6. The first-order valence-corrected chi connectivity index (χ1v) is 17.2. The zero-order valence-corrected chi connectivity index (χ0v) is 27.9. The highest BCUT2D eigenvalue weighted by Crippen LogP contribution is 2.62. The summed E-state index contributed by atoms with van der Waals surface area (Å²) in [5.74, 6) is 3.41. The zero-order valence-electron chi connectivity index (χ0n) is 27.9. The molecule has 5 heteroatoms. The van der Waals surface area contributed by atoms with Crippen LogP contribution in [-0.4, -0.2) is 15.0 Å². The van der Waals surface area contributed by atoms with Gasteiger partial charge in [0.15, 0.2) is 23.2 Å². The third kappa shape index (κ3) is 4.52. The normalized spacial score (nSPS) is 12.9. The number of para-hydroxylation sites is 1. The van der Waals surface area contributed by atoms with E-state index in [1.165, 1.54) is 22.3 Å². The highest BCUT2D eigenvalue weighted by molar-refractivity contribution is 5.89. The standard InChI is InChI=1S/C47H28N4O/c1-48-35-25-22-30(23-26-35)32-14-11-15-33(28-32)45-49-44(31-12-3-2-4-13-31)50-46(51-45)34-24-27-43-41(29-34)47(40-20-9-10-21-42(40)52-43)38-18-7-5-16-36(38)37-17-6-8-19-39(37)47/h2-29H. The van der Waals surface area contributed by atoms with E-state index in [0.717, 1.165) is 50.4 Å². The van der Waals surface area contributed by atoms with Crippen LogP contribution in [0.2, 0.25) is 0 Å². The van der Waals surface area contributed by atoms with Gasteiger partial charge in [-0.05, 0) is 63.7 Å². The van der Waals surface area contributed by atoms with Crippen molar-refractivity contribution in [2.75, 3.05) is 0 Å². The molecule has 0 amide bonds. The number of ether oxygens (including phenoxy) is 1. The summed E-state index contributed by atoms with van der Waals surface area (Å²) in [7, 11) is 0. The molecule has 7 aromatic carbocycles. The highest BCUT2D eigenvalue weighted by Gasteiger charge is 2.51. The van der Waals surface area contributed by atoms with Crippen LogP contribution in [-0.2, 0) is 5.41 Å². The predicted molar refractivity (Wildman–Crippen MR) is 205 cm³/mol. The summed E-state index contributed by atoms with van der Waals surface area (Å²) in [4.78, 5) is 18.8. The first-order chi connectivity index (χ1) is 25.7. The lowest BCUT2D eigenvalue weighted by Gasteiger charge is -2.39. The number of aromatic nitrogens is 3. The Labute approximate surface area is 301 Å². The van der Waals surface area contributed by atoms with Gasteiger partial charge in [0.05, 0.1) is 12.0 Å². The van der Waals surface area contributed by atoms with E-state index in [1.807, 2.05) is 72.8 Å². The van der Waals surface area contributed by atoms with Crippen LogP contribution in [0.15, 0.2) is 170 Å². The van der Waals surface area contributed by atoms with Crippen molar-refractivity contribution < 1.29 is 4.74 Å². The molecule has 0 saturated heterocycles. The van der Waals surface area contributed by atoms with Crippen molar-refractivity contribution in [1.82, 2.24) is 15.0 Å². The Morgan fingerprint density at radius 1 is 0.404 bits per heavy atom. The molecule has 1 aromatic heterocycles. The maximum Gasteiger partial charge on any atom is 0.187 e. The van der Waals surface area contributed by atoms with E-state index >= 15 is 0 Å². The van der Waals surface area contributed by atoms with Gasteiger partial charge in [0.2, 0.25) is 0 Å². The quantitative estimate of drug-likeness (QED) is 0.176. The molecule has 0 unspecified atom stereocenters. The summed E-state index contributed by atoms with van der Waals surface area (Å²) in [6, 6.07) is 58.1. The maximum atomic E-state index is 7.34. The average molecular weight is 665 g/mol. The van der Waals surface area contributed by atoms with Crippen LogP contribution < -0.4 is 4.74 Å². The van der Waals surface area contributed by atoms with Crippen LogP contribution in [0.3, 0.4) is 0 Å². The molecular formula is C47H28N4O. The highest BCUT2D eigenvalue weighted by atomic mass is 16.5. The van der Waals surface area contributed by atoms with Crippen LogP contribution in [0.5, 0.6) is 11.5 Å². The maximum absolute atomic E-state index is 7.34. The minimum atomic E-state index is -0.595. The Bertz CT molecular complexity index is 2680. The lowest BCUT2D eigenvalue weighted by atomic mass is 9.66. The topological polar surface area (TPSA) is 52.3 Å². The summed E-state index contributed by atoms with van der Waals surface area (Å²) >= 11 is 0. The number of rotatable bonds is 4. The van der Waals surface area contributed by atoms with E-state index < -0.39 is 5.41 Å². The van der Waals surface area contributed by atoms with Gasteiger partial charge in [-0.25, -0.2) is 19.8 Å². The lowest BCUT2D eigenvalue weighted by Crippen LogP contribution is -2.32. The fourth-order valence-electron chi connectivity index (χ4n) is 7.91. The molecule has 0 N–H and O–H groups in total. The Balaban J connectivity index is 1.19. The molecule has 0 atom stereocenters. The Morgan fingerprint density at radius 3 is 1.62 bits per heavy atom. The molecule has 0 bridgehead atoms. The van der Waals surface area contributed by atoms with Crippen LogP contribution in [0.25, 0.3) is 61.3 Å². The van der Waals surface area contributed by atoms with Gasteiger partial charge in [0, 0.05) is 27.8 Å². The smallest absolute Gasteiger partial charge is 0.187 e. The number of hydrogen-bond acceptors (Lipinski definition) is 4. The van der Waals surface area contributed by atoms with Gasteiger partial charge in [0.1, 0.15) is 11.5 Å². The number of benzene rings is 7. The summed E-state index contributed by atoms with van der Waals surface area (Å²) in [6.07, 6.45) is 0. The van der Waals surface area contributed by atoms with Gasteiger partial charge >= 0.3 is 0 Å². The Morgan fingerprint density at radius 2 is 0.923 bits per heavy atom. The molecule has 1 aliphatic heterocycles. The van der Waals surface area contributed by atoms with Crippen molar-refractivity contribution in [3.05, 3.63) is 204 Å². The molecule has 0 fully saturated rings. The van der Waals surface area contributed by atoms with E-state index in [1.54, 1.807) is 0 Å². The van der Waals surface area contributed by atoms with Crippen molar-refractivity contribution in [3.63, 3.8) is 0 Å². The molecule has 0 radical (unpaired) electrons. The van der Waals surface area contributed by atoms with E-state index in [-0.39, 0.29) is 0 Å². The first-order valence-electron chi connectivity index (χ1n) is 17.2. The summed E-state index contributed by atoms with van der Waals surface area (Å²) in [5.41, 5.74) is 11.8. The molecular weight excluding hydrogens is 637 g/mol. The third-order valence-electron chi connectivity index (χ3n) is 10.2.